The third-order valence-electron chi connectivity index (χ3n) is 7.43. The van der Waals surface area contributed by atoms with Gasteiger partial charge in [-0.25, -0.2) is 8.42 Å². The highest BCUT2D eigenvalue weighted by Gasteiger charge is 2.39. The molecule has 1 aliphatic carbocycles. The molecule has 2 aliphatic rings. The Morgan fingerprint density at radius 2 is 1.70 bits per heavy atom. The van der Waals surface area contributed by atoms with Crippen molar-refractivity contribution in [1.29, 1.82) is 5.26 Å². The number of allylic oxidation sites excluding steroid dienone is 8. The number of carbonyl (C=O) groups is 3. The summed E-state index contributed by atoms with van der Waals surface area (Å²) in [6.07, 6.45) is 9.98. The number of benzene rings is 1. The van der Waals surface area contributed by atoms with Crippen LogP contribution in [-0.4, -0.2) is 82.9 Å². The van der Waals surface area contributed by atoms with Gasteiger partial charge in [0.25, 0.3) is 0 Å². The van der Waals surface area contributed by atoms with Gasteiger partial charge in [-0.15, -0.1) is 0 Å². The number of piperidine rings is 1. The molecular formula is C43H70ClF3N6O6S. The molecule has 342 valence electrons. The second-order valence-electron chi connectivity index (χ2n) is 11.8. The Hall–Kier alpha value is -4.43. The van der Waals surface area contributed by atoms with E-state index in [2.05, 4.69) is 47.1 Å². The molecule has 1 aromatic carbocycles. The average molecular weight is 892 g/mol. The molecule has 17 heteroatoms. The van der Waals surface area contributed by atoms with Crippen LogP contribution in [0.15, 0.2) is 82.4 Å². The molecule has 0 saturated carbocycles. The number of hydrogen-bond donors (Lipinski definition) is 4. The van der Waals surface area contributed by atoms with Crippen LogP contribution in [0.4, 0.5) is 18.9 Å². The van der Waals surface area contributed by atoms with Crippen molar-refractivity contribution in [2.75, 3.05) is 39.1 Å². The Labute approximate surface area is 363 Å². The lowest BCUT2D eigenvalue weighted by Gasteiger charge is -2.33. The summed E-state index contributed by atoms with van der Waals surface area (Å²) in [5.41, 5.74) is 7.68. The van der Waals surface area contributed by atoms with E-state index in [4.69, 9.17) is 27.3 Å². The van der Waals surface area contributed by atoms with Gasteiger partial charge in [0, 0.05) is 42.5 Å². The number of esters is 1. The van der Waals surface area contributed by atoms with Crippen LogP contribution in [0, 0.1) is 18.3 Å². The predicted octanol–water partition coefficient (Wildman–Crippen LogP) is 8.98. The van der Waals surface area contributed by atoms with E-state index in [1.807, 2.05) is 40.8 Å². The number of aldehydes is 1. The fourth-order valence-electron chi connectivity index (χ4n) is 4.51. The second kappa shape index (κ2) is 38.8. The molecule has 0 radical (unpaired) electrons. The van der Waals surface area contributed by atoms with E-state index in [0.29, 0.717) is 42.7 Å². The number of nitrogens with zero attached hydrogens (tertiary/aromatic N) is 2. The van der Waals surface area contributed by atoms with Crippen LogP contribution in [0.5, 0.6) is 0 Å². The van der Waals surface area contributed by atoms with Gasteiger partial charge in [-0.1, -0.05) is 95.0 Å². The third kappa shape index (κ3) is 29.7. The standard InChI is InChI=1S/C18H23N3O5S.C8H11N.C6H12F3N.C4H6O.C3H6ClN.2C2H6/c1-2-26-17(22)13-20-18(23)16-9-5-6-10-21(16)27(24,25)15-8-4-3-7-14(11-15)12-19;1-7-3-5-8(9-2)6-4-7;1-3-4-5(10-2)6(7,8)9;1-2-3-4-5;1-3(4)2-5;2*1-2/h3-4,8,11,16H,2,5-7,9-10,13H2,1H3,(H,20,23);3-6,9H,1-2H3;5,10H,3-4H2,1-2H3;2-4H,1H3;2H,5H2,1H3;2*1-2H3/b;;;2*3-2+;;/t16-;;;;;;/m0....../s1. The van der Waals surface area contributed by atoms with Crippen LogP contribution in [0.1, 0.15) is 99.5 Å². The summed E-state index contributed by atoms with van der Waals surface area (Å²) in [6.45, 7) is 17.1. The number of aryl methyl sites for hydroxylation is 1. The van der Waals surface area contributed by atoms with Crippen LogP contribution in [0.3, 0.4) is 0 Å². The maximum absolute atomic E-state index is 13.1. The van der Waals surface area contributed by atoms with E-state index < -0.39 is 40.2 Å². The lowest BCUT2D eigenvalue weighted by Crippen LogP contribution is -2.52. The molecule has 12 nitrogen and oxygen atoms in total. The maximum atomic E-state index is 13.1. The average Bonchev–Trinajstić information content (AvgIpc) is 3.51. The minimum atomic E-state index is -4.09. The second-order valence-corrected chi connectivity index (χ2v) is 14.3. The molecule has 60 heavy (non-hydrogen) atoms. The highest BCUT2D eigenvalue weighted by molar-refractivity contribution is 7.93. The van der Waals surface area contributed by atoms with Crippen molar-refractivity contribution in [3.63, 3.8) is 0 Å². The van der Waals surface area contributed by atoms with Gasteiger partial charge in [-0.3, -0.25) is 14.4 Å². The first-order valence-electron chi connectivity index (χ1n) is 19.9. The van der Waals surface area contributed by atoms with Crippen molar-refractivity contribution in [2.45, 2.75) is 119 Å². The van der Waals surface area contributed by atoms with Crippen molar-refractivity contribution in [3.8, 4) is 6.07 Å². The number of rotatable bonds is 11. The quantitative estimate of drug-likeness (QED) is 0.0950. The fourth-order valence-corrected chi connectivity index (χ4v) is 6.23. The zero-order chi connectivity index (χ0) is 47.2. The Morgan fingerprint density at radius 3 is 2.10 bits per heavy atom. The van der Waals surface area contributed by atoms with Gasteiger partial charge < -0.3 is 26.4 Å². The molecule has 2 atom stereocenters. The van der Waals surface area contributed by atoms with Gasteiger partial charge in [0.2, 0.25) is 15.9 Å². The van der Waals surface area contributed by atoms with Crippen LogP contribution < -0.4 is 21.7 Å². The zero-order valence-corrected chi connectivity index (χ0v) is 38.9. The number of ether oxygens (including phenoxy) is 1. The summed E-state index contributed by atoms with van der Waals surface area (Å²) in [5, 5.41) is 17.5. The van der Waals surface area contributed by atoms with Gasteiger partial charge in [-0.2, -0.15) is 22.7 Å². The molecule has 1 heterocycles. The largest absolute Gasteiger partial charge is 0.465 e. The molecule has 5 N–H and O–H groups in total. The van der Waals surface area contributed by atoms with Gasteiger partial charge in [0.15, 0.2) is 0 Å². The van der Waals surface area contributed by atoms with Gasteiger partial charge in [0.1, 0.15) is 24.9 Å². The van der Waals surface area contributed by atoms with Crippen LogP contribution in [0.2, 0.25) is 0 Å². The summed E-state index contributed by atoms with van der Waals surface area (Å²) >= 11 is 5.20. The molecule has 1 unspecified atom stereocenters. The molecule has 1 amide bonds. The van der Waals surface area contributed by atoms with Crippen molar-refractivity contribution < 1.29 is 40.7 Å². The lowest BCUT2D eigenvalue weighted by molar-refractivity contribution is -0.156. The molecule has 1 saturated heterocycles. The minimum absolute atomic E-state index is 0.0158. The summed E-state index contributed by atoms with van der Waals surface area (Å²) in [4.78, 5) is 33.3. The first kappa shape index (κ1) is 62.2. The monoisotopic (exact) mass is 890 g/mol. The molecule has 1 fully saturated rings. The third-order valence-corrected chi connectivity index (χ3v) is 9.46. The van der Waals surface area contributed by atoms with E-state index in [-0.39, 0.29) is 31.0 Å². The highest BCUT2D eigenvalue weighted by Crippen LogP contribution is 2.27. The molecule has 0 aromatic heterocycles. The normalized spacial score (nSPS) is 15.2. The van der Waals surface area contributed by atoms with Crippen molar-refractivity contribution in [2.24, 2.45) is 5.73 Å². The van der Waals surface area contributed by atoms with Crippen LogP contribution in [0.25, 0.3) is 0 Å². The van der Waals surface area contributed by atoms with E-state index in [0.717, 1.165) is 10.6 Å². The summed E-state index contributed by atoms with van der Waals surface area (Å²) < 4.78 is 67.7. The number of sulfonamides is 1. The van der Waals surface area contributed by atoms with E-state index in [1.165, 1.54) is 42.7 Å². The Balaban J connectivity index is -0.000000388. The minimum Gasteiger partial charge on any atom is -0.465 e. The summed E-state index contributed by atoms with van der Waals surface area (Å²) in [5.74, 6) is -1.10. The van der Waals surface area contributed by atoms with Crippen molar-refractivity contribution in [1.82, 2.24) is 14.9 Å². The number of carbonyl (C=O) groups excluding carboxylic acids is 3. The Morgan fingerprint density at radius 1 is 1.12 bits per heavy atom. The maximum Gasteiger partial charge on any atom is 0.403 e. The van der Waals surface area contributed by atoms with E-state index in [9.17, 15) is 36.0 Å². The van der Waals surface area contributed by atoms with Gasteiger partial charge >= 0.3 is 12.1 Å². The van der Waals surface area contributed by atoms with Crippen molar-refractivity contribution >= 4 is 45.5 Å². The molecule has 1 aliphatic heterocycles. The van der Waals surface area contributed by atoms with Gasteiger partial charge in [0.05, 0.1) is 17.6 Å². The van der Waals surface area contributed by atoms with Crippen molar-refractivity contribution in [3.05, 3.63) is 88.0 Å². The van der Waals surface area contributed by atoms with E-state index >= 15 is 0 Å². The molecule has 3 rings (SSSR count). The van der Waals surface area contributed by atoms with Crippen LogP contribution in [-0.2, 0) is 29.1 Å². The number of halogens is 4. The molecule has 0 bridgehead atoms. The number of hydrogen-bond acceptors (Lipinski definition) is 10. The number of amides is 1. The molecule has 1 aromatic rings. The summed E-state index contributed by atoms with van der Waals surface area (Å²) in [7, 11) is -0.707. The number of anilines is 1. The first-order chi connectivity index (χ1) is 28.4. The number of alkyl halides is 3. The molecular weight excluding hydrogens is 821 g/mol. The smallest absolute Gasteiger partial charge is 0.403 e. The van der Waals surface area contributed by atoms with Crippen LogP contribution >= 0.6 is 11.6 Å². The number of nitrogens with one attached hydrogen (secondary N) is 3. The van der Waals surface area contributed by atoms with Gasteiger partial charge in [-0.05, 0) is 84.4 Å². The Bertz CT molecular complexity index is 1620. The SMILES string of the molecule is C/C(Cl)=C\N.C/C=C/C=O.CC.CC.CCCC(NC)C(F)(F)F.CCOC(=O)CNC(=O)[C@@H]1CCCCN1S(=O)(=O)C1=CC=CCC(C#N)=C1.CNc1ccc(C)cc1. The summed E-state index contributed by atoms with van der Waals surface area (Å²) in [6, 6.07) is 8.06. The predicted molar refractivity (Wildman–Crippen MR) is 240 cm³/mol. The Kier molecular flexibility index (Phi) is 40.2. The number of nitrogens with two attached hydrogens (primary N) is 1. The van der Waals surface area contributed by atoms with E-state index in [1.54, 1.807) is 45.9 Å². The zero-order valence-electron chi connectivity index (χ0n) is 37.3. The highest BCUT2D eigenvalue weighted by atomic mass is 35.5. The fraction of sp³-hybridized carbons (Fsp3) is 0.535. The first-order valence-corrected chi connectivity index (χ1v) is 21.8. The lowest BCUT2D eigenvalue weighted by atomic mass is 10.0. The molecule has 0 spiro atoms. The number of nitriles is 1. The topological polar surface area (TPSA) is 184 Å².